The molecule has 19 heteroatoms. The van der Waals surface area contributed by atoms with Gasteiger partial charge in [-0.15, -0.1) is 0 Å². The first-order valence-electron chi connectivity index (χ1n) is 40.8. The summed E-state index contributed by atoms with van der Waals surface area (Å²) in [6, 6.07) is 0. The van der Waals surface area contributed by atoms with Gasteiger partial charge in [-0.05, 0) is 49.4 Å². The third-order valence-corrected chi connectivity index (χ3v) is 20.9. The molecule has 0 saturated carbocycles. The smallest absolute Gasteiger partial charge is 0.462 e. The molecule has 0 amide bonds. The van der Waals surface area contributed by atoms with Crippen molar-refractivity contribution >= 4 is 39.5 Å². The van der Waals surface area contributed by atoms with E-state index < -0.39 is 97.5 Å². The number of rotatable bonds is 76. The van der Waals surface area contributed by atoms with Gasteiger partial charge in [-0.25, -0.2) is 9.13 Å². The van der Waals surface area contributed by atoms with Crippen molar-refractivity contribution in [2.24, 2.45) is 23.7 Å². The van der Waals surface area contributed by atoms with Gasteiger partial charge in [-0.2, -0.15) is 0 Å². The van der Waals surface area contributed by atoms with Crippen LogP contribution in [0.4, 0.5) is 0 Å². The second-order valence-electron chi connectivity index (χ2n) is 29.9. The lowest BCUT2D eigenvalue weighted by Gasteiger charge is -2.21. The molecule has 0 aromatic rings. The Morgan fingerprint density at radius 3 is 0.724 bits per heavy atom. The molecule has 0 rings (SSSR count). The fraction of sp³-hybridized carbons (Fsp3) is 0.949. The first-order valence-corrected chi connectivity index (χ1v) is 43.8. The van der Waals surface area contributed by atoms with Crippen molar-refractivity contribution < 1.29 is 80.2 Å². The van der Waals surface area contributed by atoms with Gasteiger partial charge < -0.3 is 33.8 Å². The molecule has 98 heavy (non-hydrogen) atoms. The Morgan fingerprint density at radius 1 is 0.286 bits per heavy atom. The molecule has 0 spiro atoms. The minimum Gasteiger partial charge on any atom is -0.462 e. The molecule has 582 valence electrons. The summed E-state index contributed by atoms with van der Waals surface area (Å²) in [6.07, 6.45) is 54.2. The van der Waals surface area contributed by atoms with Gasteiger partial charge in [-0.1, -0.05) is 351 Å². The SMILES string of the molecule is CCC(C)CCCCCCCCCCCCCCCCCCCCC(=O)O[C@H](COC(=O)CCCCCCCCC(C)C)COP(=O)(O)OC[C@H](O)COP(=O)(O)OC[C@@H](COC(=O)CCCCCCCCCCCCC(C)CC)OC(=O)CCCCCCCCCCCCC(C)C. The number of hydrogen-bond donors (Lipinski definition) is 3. The lowest BCUT2D eigenvalue weighted by atomic mass is 9.99. The highest BCUT2D eigenvalue weighted by atomic mass is 31.2. The predicted octanol–water partition coefficient (Wildman–Crippen LogP) is 23.2. The fourth-order valence-corrected chi connectivity index (χ4v) is 13.6. The third-order valence-electron chi connectivity index (χ3n) is 19.0. The summed E-state index contributed by atoms with van der Waals surface area (Å²) in [6.45, 7) is 14.2. The van der Waals surface area contributed by atoms with Crippen LogP contribution >= 0.6 is 15.6 Å². The van der Waals surface area contributed by atoms with Crippen LogP contribution in [0.25, 0.3) is 0 Å². The van der Waals surface area contributed by atoms with Gasteiger partial charge in [0.25, 0.3) is 0 Å². The number of phosphoric ester groups is 2. The van der Waals surface area contributed by atoms with Crippen LogP contribution < -0.4 is 0 Å². The van der Waals surface area contributed by atoms with Gasteiger partial charge in [0.15, 0.2) is 12.2 Å². The van der Waals surface area contributed by atoms with Crippen molar-refractivity contribution in [3.63, 3.8) is 0 Å². The number of hydrogen-bond acceptors (Lipinski definition) is 15. The molecule has 0 aliphatic carbocycles. The van der Waals surface area contributed by atoms with E-state index in [2.05, 4.69) is 55.4 Å². The molecule has 7 atom stereocenters. The molecule has 4 unspecified atom stereocenters. The Balaban J connectivity index is 5.17. The molecule has 0 radical (unpaired) electrons. The number of ether oxygens (including phenoxy) is 4. The fourth-order valence-electron chi connectivity index (χ4n) is 12.0. The van der Waals surface area contributed by atoms with Gasteiger partial charge in [-0.3, -0.25) is 37.3 Å². The van der Waals surface area contributed by atoms with Crippen LogP contribution in [0.2, 0.25) is 0 Å². The highest BCUT2D eigenvalue weighted by Crippen LogP contribution is 2.45. The minimum atomic E-state index is -4.96. The molecular weight excluding hydrogens is 1280 g/mol. The van der Waals surface area contributed by atoms with Gasteiger partial charge in [0.05, 0.1) is 26.4 Å². The van der Waals surface area contributed by atoms with Crippen LogP contribution in [0.15, 0.2) is 0 Å². The van der Waals surface area contributed by atoms with E-state index in [1.165, 1.54) is 199 Å². The molecule has 0 fully saturated rings. The number of esters is 4. The maximum atomic E-state index is 13.1. The Labute approximate surface area is 600 Å². The zero-order valence-electron chi connectivity index (χ0n) is 64.4. The number of aliphatic hydroxyl groups is 1. The van der Waals surface area contributed by atoms with Crippen molar-refractivity contribution in [3.05, 3.63) is 0 Å². The average molecular weight is 1440 g/mol. The molecule has 0 aromatic carbocycles. The molecule has 0 aromatic heterocycles. The zero-order chi connectivity index (χ0) is 72.4. The zero-order valence-corrected chi connectivity index (χ0v) is 66.2. The standard InChI is InChI=1S/C79H154O17P2/c1-9-71(7)57-49-41-32-26-19-17-15-13-11-12-14-16-18-20-29-35-45-53-61-78(83)96-75(66-90-77(82)60-52-44-38-37-40-48-56-70(5)6)68-94-98(87,88)92-64-73(80)63-91-97(85,86)93-67-74(95-79(84)62-54-46-36-30-23-21-25-31-39-47-55-69(3)4)65-89-76(81)59-51-43-34-28-24-22-27-33-42-50-58-72(8)10-2/h69-75,80H,9-68H2,1-8H3,(H,85,86)(H,87,88)/t71?,72?,73-,74-,75-/m1/s1. The lowest BCUT2D eigenvalue weighted by Crippen LogP contribution is -2.30. The van der Waals surface area contributed by atoms with E-state index in [9.17, 15) is 43.2 Å². The summed E-state index contributed by atoms with van der Waals surface area (Å²) >= 11 is 0. The quantitative estimate of drug-likeness (QED) is 0.0222. The van der Waals surface area contributed by atoms with Crippen molar-refractivity contribution in [3.8, 4) is 0 Å². The summed E-state index contributed by atoms with van der Waals surface area (Å²) < 4.78 is 68.6. The monoisotopic (exact) mass is 1440 g/mol. The molecule has 0 saturated heterocycles. The number of carbonyl (C=O) groups is 4. The van der Waals surface area contributed by atoms with E-state index in [0.717, 1.165) is 114 Å². The summed E-state index contributed by atoms with van der Waals surface area (Å²) in [5.41, 5.74) is 0. The summed E-state index contributed by atoms with van der Waals surface area (Å²) in [4.78, 5) is 72.9. The van der Waals surface area contributed by atoms with Crippen LogP contribution in [0.5, 0.6) is 0 Å². The van der Waals surface area contributed by atoms with Gasteiger partial charge in [0, 0.05) is 25.7 Å². The molecule has 0 aliphatic rings. The molecule has 0 bridgehead atoms. The maximum Gasteiger partial charge on any atom is 0.472 e. The van der Waals surface area contributed by atoms with Crippen molar-refractivity contribution in [2.75, 3.05) is 39.6 Å². The van der Waals surface area contributed by atoms with E-state index in [-0.39, 0.29) is 25.7 Å². The number of carbonyl (C=O) groups excluding carboxylic acids is 4. The second-order valence-corrected chi connectivity index (χ2v) is 32.8. The maximum absolute atomic E-state index is 13.1. The first-order chi connectivity index (χ1) is 47.2. The molecule has 0 aliphatic heterocycles. The number of unbranched alkanes of at least 4 members (excludes halogenated alkanes) is 40. The Bertz CT molecular complexity index is 1920. The van der Waals surface area contributed by atoms with E-state index in [1.54, 1.807) is 0 Å². The van der Waals surface area contributed by atoms with E-state index in [0.29, 0.717) is 31.6 Å². The third kappa shape index (κ3) is 69.8. The van der Waals surface area contributed by atoms with Crippen LogP contribution in [0.3, 0.4) is 0 Å². The summed E-state index contributed by atoms with van der Waals surface area (Å²) in [7, 11) is -9.92. The predicted molar refractivity (Wildman–Crippen MR) is 400 cm³/mol. The average Bonchev–Trinajstić information content (AvgIpc) is 1.09. The summed E-state index contributed by atoms with van der Waals surface area (Å²) in [5.74, 6) is 0.992. The highest BCUT2D eigenvalue weighted by Gasteiger charge is 2.30. The second kappa shape index (κ2) is 68.2. The van der Waals surface area contributed by atoms with Crippen molar-refractivity contribution in [1.82, 2.24) is 0 Å². The van der Waals surface area contributed by atoms with Gasteiger partial charge >= 0.3 is 39.5 Å². The van der Waals surface area contributed by atoms with Crippen LogP contribution in [0, 0.1) is 23.7 Å². The molecular formula is C79H154O17P2. The van der Waals surface area contributed by atoms with Gasteiger partial charge in [0.2, 0.25) is 0 Å². The van der Waals surface area contributed by atoms with Crippen LogP contribution in [-0.4, -0.2) is 96.7 Å². The first kappa shape index (κ1) is 96.1. The van der Waals surface area contributed by atoms with E-state index in [4.69, 9.17) is 37.0 Å². The van der Waals surface area contributed by atoms with E-state index >= 15 is 0 Å². The number of aliphatic hydroxyl groups excluding tert-OH is 1. The highest BCUT2D eigenvalue weighted by molar-refractivity contribution is 7.47. The van der Waals surface area contributed by atoms with E-state index in [1.807, 2.05) is 0 Å². The van der Waals surface area contributed by atoms with Crippen LogP contribution in [0.1, 0.15) is 402 Å². The Hall–Kier alpha value is -1.94. The molecule has 17 nitrogen and oxygen atoms in total. The number of phosphoric acid groups is 2. The Kier molecular flexibility index (Phi) is 66.8. The van der Waals surface area contributed by atoms with Gasteiger partial charge in [0.1, 0.15) is 19.3 Å². The topological polar surface area (TPSA) is 237 Å². The molecule has 3 N–H and O–H groups in total. The summed E-state index contributed by atoms with van der Waals surface area (Å²) in [5, 5.41) is 10.6. The molecule has 0 heterocycles. The minimum absolute atomic E-state index is 0.105. The largest absolute Gasteiger partial charge is 0.472 e. The Morgan fingerprint density at radius 2 is 0.490 bits per heavy atom. The van der Waals surface area contributed by atoms with Crippen molar-refractivity contribution in [2.45, 2.75) is 420 Å². The normalized spacial score (nSPS) is 14.6. The lowest BCUT2D eigenvalue weighted by molar-refractivity contribution is -0.161. The van der Waals surface area contributed by atoms with Crippen LogP contribution in [-0.2, 0) is 65.4 Å². The van der Waals surface area contributed by atoms with Crippen molar-refractivity contribution in [1.29, 1.82) is 0 Å².